The van der Waals surface area contributed by atoms with Gasteiger partial charge in [0.2, 0.25) is 10.0 Å². The number of ether oxygens (including phenoxy) is 1. The number of hydrogen-bond acceptors (Lipinski definition) is 6. The van der Waals surface area contributed by atoms with E-state index in [-0.39, 0.29) is 16.2 Å². The summed E-state index contributed by atoms with van der Waals surface area (Å²) in [5, 5.41) is 5.73. The first-order valence-corrected chi connectivity index (χ1v) is 10.7. The van der Waals surface area contributed by atoms with Gasteiger partial charge < -0.3 is 10.1 Å². The molecule has 2 N–H and O–H groups in total. The average molecular weight is 418 g/mol. The van der Waals surface area contributed by atoms with Gasteiger partial charge in [0.25, 0.3) is 5.91 Å². The number of aromatic nitrogens is 1. The van der Waals surface area contributed by atoms with E-state index in [4.69, 9.17) is 4.74 Å². The van der Waals surface area contributed by atoms with Gasteiger partial charge in [-0.2, -0.15) is 0 Å². The second kappa shape index (κ2) is 8.09. The molecular formula is C19H19N3O4S2. The maximum atomic E-state index is 12.6. The normalized spacial score (nSPS) is 11.2. The van der Waals surface area contributed by atoms with Crippen molar-refractivity contribution in [3.05, 3.63) is 58.4 Å². The third-order valence-corrected chi connectivity index (χ3v) is 6.25. The summed E-state index contributed by atoms with van der Waals surface area (Å²) in [6.45, 7) is 1.94. The number of carbonyl (C=O) groups excluding carboxylic acids is 1. The fourth-order valence-corrected chi connectivity index (χ4v) is 4.10. The van der Waals surface area contributed by atoms with Gasteiger partial charge >= 0.3 is 0 Å². The molecule has 0 unspecified atom stereocenters. The first kappa shape index (κ1) is 20.0. The molecule has 0 atom stereocenters. The average Bonchev–Trinajstić information content (AvgIpc) is 3.14. The van der Waals surface area contributed by atoms with Crippen LogP contribution in [0.25, 0.3) is 11.3 Å². The lowest BCUT2D eigenvalue weighted by Crippen LogP contribution is -2.20. The molecule has 3 rings (SSSR count). The van der Waals surface area contributed by atoms with Gasteiger partial charge in [0.1, 0.15) is 10.6 Å². The number of aryl methyl sites for hydroxylation is 1. The predicted molar refractivity (Wildman–Crippen MR) is 109 cm³/mol. The lowest BCUT2D eigenvalue weighted by molar-refractivity contribution is 0.102. The molecule has 9 heteroatoms. The van der Waals surface area contributed by atoms with Gasteiger partial charge in [0.15, 0.2) is 0 Å². The van der Waals surface area contributed by atoms with E-state index in [0.717, 1.165) is 16.3 Å². The number of anilines is 1. The Morgan fingerprint density at radius 1 is 1.14 bits per heavy atom. The summed E-state index contributed by atoms with van der Waals surface area (Å²) < 4.78 is 31.6. The van der Waals surface area contributed by atoms with Crippen LogP contribution in [0.5, 0.6) is 5.75 Å². The van der Waals surface area contributed by atoms with Gasteiger partial charge in [0.05, 0.1) is 17.8 Å². The van der Waals surface area contributed by atoms with Crippen LogP contribution in [0.4, 0.5) is 5.69 Å². The molecule has 0 aliphatic carbocycles. The molecular weight excluding hydrogens is 398 g/mol. The van der Waals surface area contributed by atoms with Gasteiger partial charge in [-0.1, -0.05) is 12.1 Å². The molecule has 1 aromatic heterocycles. The molecule has 146 valence electrons. The zero-order valence-corrected chi connectivity index (χ0v) is 17.1. The summed E-state index contributed by atoms with van der Waals surface area (Å²) in [5.74, 6) is -0.263. The van der Waals surface area contributed by atoms with Crippen molar-refractivity contribution in [2.75, 3.05) is 19.5 Å². The highest BCUT2D eigenvalue weighted by Gasteiger charge is 2.20. The van der Waals surface area contributed by atoms with Crippen LogP contribution in [-0.4, -0.2) is 33.5 Å². The molecule has 0 bridgehead atoms. The van der Waals surface area contributed by atoms with Crippen molar-refractivity contribution in [1.29, 1.82) is 0 Å². The van der Waals surface area contributed by atoms with Crippen LogP contribution in [0.1, 0.15) is 15.4 Å². The number of sulfonamides is 1. The van der Waals surface area contributed by atoms with Crippen LogP contribution in [0.15, 0.2) is 52.7 Å². The largest absolute Gasteiger partial charge is 0.495 e. The minimum atomic E-state index is -3.77. The van der Waals surface area contributed by atoms with Crippen LogP contribution in [-0.2, 0) is 10.0 Å². The quantitative estimate of drug-likeness (QED) is 0.641. The summed E-state index contributed by atoms with van der Waals surface area (Å²) in [5.41, 5.74) is 2.63. The molecule has 28 heavy (non-hydrogen) atoms. The zero-order chi connectivity index (χ0) is 20.3. The standard InChI is InChI=1S/C19H19N3O4S2/c1-12-21-16(11-27-12)13-4-7-15(8-5-13)22-19(23)14-6-9-17(26-3)18(10-14)28(24,25)20-2/h4-11,20H,1-3H3,(H,22,23). The van der Waals surface area contributed by atoms with E-state index in [2.05, 4.69) is 15.0 Å². The summed E-state index contributed by atoms with van der Waals surface area (Å²) >= 11 is 1.57. The molecule has 0 saturated heterocycles. The highest BCUT2D eigenvalue weighted by molar-refractivity contribution is 7.89. The second-order valence-electron chi connectivity index (χ2n) is 5.86. The molecule has 0 saturated carbocycles. The van der Waals surface area contributed by atoms with E-state index in [1.165, 1.54) is 32.4 Å². The first-order chi connectivity index (χ1) is 13.3. The Bertz CT molecular complexity index is 1110. The van der Waals surface area contributed by atoms with Gasteiger partial charge in [0, 0.05) is 22.2 Å². The molecule has 0 fully saturated rings. The second-order valence-corrected chi connectivity index (χ2v) is 8.77. The summed E-state index contributed by atoms with van der Waals surface area (Å²) in [7, 11) is -1.10. The maximum absolute atomic E-state index is 12.6. The number of amides is 1. The fourth-order valence-electron chi connectivity index (χ4n) is 2.56. The van der Waals surface area contributed by atoms with Crippen molar-refractivity contribution in [3.8, 4) is 17.0 Å². The van der Waals surface area contributed by atoms with Gasteiger partial charge in [-0.25, -0.2) is 18.1 Å². The molecule has 7 nitrogen and oxygen atoms in total. The van der Waals surface area contributed by atoms with E-state index in [0.29, 0.717) is 5.69 Å². The topological polar surface area (TPSA) is 97.4 Å². The smallest absolute Gasteiger partial charge is 0.255 e. The van der Waals surface area contributed by atoms with Gasteiger partial charge in [-0.15, -0.1) is 11.3 Å². The lowest BCUT2D eigenvalue weighted by atomic mass is 10.1. The Hall–Kier alpha value is -2.75. The summed E-state index contributed by atoms with van der Waals surface area (Å²) in [6, 6.07) is 11.5. The van der Waals surface area contributed by atoms with Crippen LogP contribution < -0.4 is 14.8 Å². The molecule has 0 aliphatic heterocycles. The zero-order valence-electron chi connectivity index (χ0n) is 15.5. The minimum absolute atomic E-state index is 0.0978. The van der Waals surface area contributed by atoms with Crippen molar-refractivity contribution < 1.29 is 17.9 Å². The monoisotopic (exact) mass is 417 g/mol. The SMILES string of the molecule is CNS(=O)(=O)c1cc(C(=O)Nc2ccc(-c3csc(C)n3)cc2)ccc1OC. The van der Waals surface area contributed by atoms with Crippen molar-refractivity contribution in [2.24, 2.45) is 0 Å². The van der Waals surface area contributed by atoms with Crippen LogP contribution in [0.2, 0.25) is 0 Å². The molecule has 2 aromatic carbocycles. The predicted octanol–water partition coefficient (Wildman–Crippen LogP) is 3.29. The Kier molecular flexibility index (Phi) is 5.78. The Labute approximate surface area is 167 Å². The number of benzene rings is 2. The van der Waals surface area contributed by atoms with Gasteiger partial charge in [-0.3, -0.25) is 4.79 Å². The van der Waals surface area contributed by atoms with Crippen LogP contribution in [0.3, 0.4) is 0 Å². The molecule has 3 aromatic rings. The number of methoxy groups -OCH3 is 1. The summed E-state index contributed by atoms with van der Waals surface area (Å²) in [6.07, 6.45) is 0. The number of hydrogen-bond donors (Lipinski definition) is 2. The Morgan fingerprint density at radius 3 is 2.43 bits per heavy atom. The minimum Gasteiger partial charge on any atom is -0.495 e. The van der Waals surface area contributed by atoms with E-state index in [1.807, 2.05) is 24.4 Å². The third kappa shape index (κ3) is 4.22. The number of carbonyl (C=O) groups is 1. The fraction of sp³-hybridized carbons (Fsp3) is 0.158. The van der Waals surface area contributed by atoms with E-state index in [1.54, 1.807) is 23.5 Å². The van der Waals surface area contributed by atoms with Crippen molar-refractivity contribution in [3.63, 3.8) is 0 Å². The van der Waals surface area contributed by atoms with Crippen LogP contribution in [0, 0.1) is 6.92 Å². The molecule has 0 spiro atoms. The molecule has 1 heterocycles. The van der Waals surface area contributed by atoms with E-state index < -0.39 is 15.9 Å². The third-order valence-electron chi connectivity index (χ3n) is 4.04. The number of rotatable bonds is 6. The van der Waals surface area contributed by atoms with Crippen molar-refractivity contribution in [2.45, 2.75) is 11.8 Å². The Balaban J connectivity index is 1.82. The van der Waals surface area contributed by atoms with Crippen molar-refractivity contribution >= 4 is 33.0 Å². The van der Waals surface area contributed by atoms with E-state index in [9.17, 15) is 13.2 Å². The summed E-state index contributed by atoms with van der Waals surface area (Å²) in [4.78, 5) is 16.9. The van der Waals surface area contributed by atoms with Gasteiger partial charge in [-0.05, 0) is 44.3 Å². The van der Waals surface area contributed by atoms with Crippen LogP contribution >= 0.6 is 11.3 Å². The number of nitrogens with zero attached hydrogens (tertiary/aromatic N) is 1. The Morgan fingerprint density at radius 2 is 1.86 bits per heavy atom. The van der Waals surface area contributed by atoms with E-state index >= 15 is 0 Å². The lowest BCUT2D eigenvalue weighted by Gasteiger charge is -2.11. The highest BCUT2D eigenvalue weighted by atomic mass is 32.2. The van der Waals surface area contributed by atoms with Crippen molar-refractivity contribution in [1.82, 2.24) is 9.71 Å². The molecule has 0 radical (unpaired) electrons. The maximum Gasteiger partial charge on any atom is 0.255 e. The first-order valence-electron chi connectivity index (χ1n) is 8.29. The molecule has 0 aliphatic rings. The number of nitrogens with one attached hydrogen (secondary N) is 2. The highest BCUT2D eigenvalue weighted by Crippen LogP contribution is 2.26. The number of thiazole rings is 1. The molecule has 1 amide bonds.